The fraction of sp³-hybridized carbons (Fsp3) is 0.0588. The molecule has 0 unspecified atom stereocenters. The Morgan fingerprint density at radius 1 is 1.10 bits per heavy atom. The SMILES string of the molecule is COc1ccc(-c2csc(/C=C\c3cccnc3)n2)cc1. The smallest absolute Gasteiger partial charge is 0.118 e. The first-order valence-corrected chi connectivity index (χ1v) is 7.41. The lowest BCUT2D eigenvalue weighted by atomic mass is 10.2. The topological polar surface area (TPSA) is 35.0 Å². The maximum absolute atomic E-state index is 5.16. The number of ether oxygens (including phenoxy) is 1. The van der Waals surface area contributed by atoms with Crippen molar-refractivity contribution in [3.63, 3.8) is 0 Å². The number of hydrogen-bond acceptors (Lipinski definition) is 4. The van der Waals surface area contributed by atoms with E-state index in [1.54, 1.807) is 24.6 Å². The number of hydrogen-bond donors (Lipinski definition) is 0. The zero-order valence-electron chi connectivity index (χ0n) is 11.6. The van der Waals surface area contributed by atoms with Crippen molar-refractivity contribution < 1.29 is 4.74 Å². The van der Waals surface area contributed by atoms with Crippen LogP contribution in [0.15, 0.2) is 54.2 Å². The van der Waals surface area contributed by atoms with Gasteiger partial charge in [-0.25, -0.2) is 4.98 Å². The number of rotatable bonds is 4. The van der Waals surface area contributed by atoms with Crippen LogP contribution in [0.25, 0.3) is 23.4 Å². The largest absolute Gasteiger partial charge is 0.497 e. The fourth-order valence-corrected chi connectivity index (χ4v) is 2.62. The molecule has 21 heavy (non-hydrogen) atoms. The second-order valence-corrected chi connectivity index (χ2v) is 5.31. The Kier molecular flexibility index (Phi) is 4.07. The third-order valence-corrected chi connectivity index (χ3v) is 3.82. The quantitative estimate of drug-likeness (QED) is 0.716. The molecule has 2 aromatic heterocycles. The second kappa shape index (κ2) is 6.33. The summed E-state index contributed by atoms with van der Waals surface area (Å²) in [6.07, 6.45) is 7.62. The Hall–Kier alpha value is -2.46. The van der Waals surface area contributed by atoms with Gasteiger partial charge in [-0.15, -0.1) is 11.3 Å². The molecule has 3 rings (SSSR count). The van der Waals surface area contributed by atoms with E-state index < -0.39 is 0 Å². The summed E-state index contributed by atoms with van der Waals surface area (Å²) in [5.74, 6) is 0.852. The fourth-order valence-electron chi connectivity index (χ4n) is 1.90. The van der Waals surface area contributed by atoms with Gasteiger partial charge in [0, 0.05) is 23.3 Å². The molecule has 0 saturated carbocycles. The predicted molar refractivity (Wildman–Crippen MR) is 87.3 cm³/mol. The molecule has 0 spiro atoms. The van der Waals surface area contributed by atoms with E-state index in [2.05, 4.69) is 15.3 Å². The average molecular weight is 294 g/mol. The van der Waals surface area contributed by atoms with Gasteiger partial charge in [-0.2, -0.15) is 0 Å². The molecular formula is C17H14N2OS. The van der Waals surface area contributed by atoms with E-state index >= 15 is 0 Å². The minimum atomic E-state index is 0.852. The van der Waals surface area contributed by atoms with Crippen molar-refractivity contribution in [3.8, 4) is 17.0 Å². The van der Waals surface area contributed by atoms with Gasteiger partial charge < -0.3 is 4.74 Å². The lowest BCUT2D eigenvalue weighted by molar-refractivity contribution is 0.415. The molecule has 0 aliphatic rings. The van der Waals surface area contributed by atoms with Crippen LogP contribution in [0.4, 0.5) is 0 Å². The van der Waals surface area contributed by atoms with E-state index in [0.29, 0.717) is 0 Å². The van der Waals surface area contributed by atoms with Crippen LogP contribution < -0.4 is 4.74 Å². The number of nitrogens with zero attached hydrogens (tertiary/aromatic N) is 2. The standard InChI is InChI=1S/C17H14N2OS/c1-20-15-7-5-14(6-8-15)16-12-21-17(19-16)9-4-13-3-2-10-18-11-13/h2-12H,1H3/b9-4-. The van der Waals surface area contributed by atoms with Gasteiger partial charge in [-0.05, 0) is 42.0 Å². The average Bonchev–Trinajstić information content (AvgIpc) is 3.03. The molecule has 0 fully saturated rings. The monoisotopic (exact) mass is 294 g/mol. The van der Waals surface area contributed by atoms with Crippen molar-refractivity contribution >= 4 is 23.5 Å². The number of thiazole rings is 1. The van der Waals surface area contributed by atoms with Crippen LogP contribution in [0.3, 0.4) is 0 Å². The van der Waals surface area contributed by atoms with Gasteiger partial charge in [0.25, 0.3) is 0 Å². The molecule has 3 nitrogen and oxygen atoms in total. The molecule has 0 aliphatic carbocycles. The van der Waals surface area contributed by atoms with Crippen LogP contribution in [0, 0.1) is 0 Å². The number of aromatic nitrogens is 2. The van der Waals surface area contributed by atoms with E-state index in [9.17, 15) is 0 Å². The molecule has 0 radical (unpaired) electrons. The minimum absolute atomic E-state index is 0.852. The van der Waals surface area contributed by atoms with Crippen LogP contribution in [0.1, 0.15) is 10.6 Å². The van der Waals surface area contributed by atoms with Crippen molar-refractivity contribution in [2.24, 2.45) is 0 Å². The Labute approximate surface area is 127 Å². The van der Waals surface area contributed by atoms with E-state index in [0.717, 1.165) is 27.6 Å². The molecule has 0 N–H and O–H groups in total. The Bertz CT molecular complexity index is 733. The van der Waals surface area contributed by atoms with Crippen molar-refractivity contribution in [2.45, 2.75) is 0 Å². The predicted octanol–water partition coefficient (Wildman–Crippen LogP) is 4.38. The van der Waals surface area contributed by atoms with Crippen molar-refractivity contribution in [2.75, 3.05) is 7.11 Å². The first kappa shape index (κ1) is 13.5. The Morgan fingerprint density at radius 3 is 2.67 bits per heavy atom. The summed E-state index contributed by atoms with van der Waals surface area (Å²) < 4.78 is 5.16. The second-order valence-electron chi connectivity index (χ2n) is 4.42. The van der Waals surface area contributed by atoms with Gasteiger partial charge >= 0.3 is 0 Å². The molecule has 0 aliphatic heterocycles. The maximum atomic E-state index is 5.16. The van der Waals surface area contributed by atoms with Gasteiger partial charge in [0.05, 0.1) is 12.8 Å². The molecular weight excluding hydrogens is 280 g/mol. The lowest BCUT2D eigenvalue weighted by Gasteiger charge is -2.00. The molecule has 3 aromatic rings. The van der Waals surface area contributed by atoms with Crippen molar-refractivity contribution in [3.05, 3.63) is 64.7 Å². The number of methoxy groups -OCH3 is 1. The van der Waals surface area contributed by atoms with Crippen LogP contribution in [-0.4, -0.2) is 17.1 Å². The first-order chi connectivity index (χ1) is 10.3. The molecule has 4 heteroatoms. The molecule has 104 valence electrons. The molecule has 0 amide bonds. The van der Waals surface area contributed by atoms with Gasteiger partial charge in [0.15, 0.2) is 0 Å². The van der Waals surface area contributed by atoms with Crippen LogP contribution in [0.2, 0.25) is 0 Å². The van der Waals surface area contributed by atoms with Gasteiger partial charge in [-0.3, -0.25) is 4.98 Å². The van der Waals surface area contributed by atoms with Gasteiger partial charge in [-0.1, -0.05) is 12.1 Å². The number of benzene rings is 1. The third kappa shape index (κ3) is 3.35. The normalized spacial score (nSPS) is 10.9. The zero-order chi connectivity index (χ0) is 14.5. The third-order valence-electron chi connectivity index (χ3n) is 3.01. The van der Waals surface area contributed by atoms with Crippen molar-refractivity contribution in [1.82, 2.24) is 9.97 Å². The van der Waals surface area contributed by atoms with Crippen LogP contribution >= 0.6 is 11.3 Å². The summed E-state index contributed by atoms with van der Waals surface area (Å²) in [7, 11) is 1.67. The minimum Gasteiger partial charge on any atom is -0.497 e. The highest BCUT2D eigenvalue weighted by molar-refractivity contribution is 7.10. The summed E-state index contributed by atoms with van der Waals surface area (Å²) >= 11 is 1.62. The van der Waals surface area contributed by atoms with E-state index in [-0.39, 0.29) is 0 Å². The molecule has 2 heterocycles. The Morgan fingerprint density at radius 2 is 1.95 bits per heavy atom. The highest BCUT2D eigenvalue weighted by Crippen LogP contribution is 2.24. The summed E-state index contributed by atoms with van der Waals surface area (Å²) in [5, 5.41) is 3.04. The Balaban J connectivity index is 1.78. The van der Waals surface area contributed by atoms with E-state index in [1.165, 1.54) is 0 Å². The van der Waals surface area contributed by atoms with Crippen molar-refractivity contribution in [1.29, 1.82) is 0 Å². The summed E-state index contributed by atoms with van der Waals surface area (Å²) in [5.41, 5.74) is 3.14. The molecule has 1 aromatic carbocycles. The summed E-state index contributed by atoms with van der Waals surface area (Å²) in [6, 6.07) is 11.9. The highest BCUT2D eigenvalue weighted by atomic mass is 32.1. The maximum Gasteiger partial charge on any atom is 0.118 e. The number of pyridine rings is 1. The lowest BCUT2D eigenvalue weighted by Crippen LogP contribution is -1.82. The summed E-state index contributed by atoms with van der Waals surface area (Å²) in [4.78, 5) is 8.71. The summed E-state index contributed by atoms with van der Waals surface area (Å²) in [6.45, 7) is 0. The highest BCUT2D eigenvalue weighted by Gasteiger charge is 2.03. The van der Waals surface area contributed by atoms with Crippen LogP contribution in [-0.2, 0) is 0 Å². The van der Waals surface area contributed by atoms with Crippen LogP contribution in [0.5, 0.6) is 5.75 Å². The molecule has 0 atom stereocenters. The zero-order valence-corrected chi connectivity index (χ0v) is 12.4. The van der Waals surface area contributed by atoms with Gasteiger partial charge in [0.1, 0.15) is 10.8 Å². The first-order valence-electron chi connectivity index (χ1n) is 6.53. The molecule has 0 bridgehead atoms. The van der Waals surface area contributed by atoms with E-state index in [4.69, 9.17) is 4.74 Å². The van der Waals surface area contributed by atoms with Gasteiger partial charge in [0.2, 0.25) is 0 Å². The molecule has 0 saturated heterocycles. The van der Waals surface area contributed by atoms with E-state index in [1.807, 2.05) is 54.7 Å².